The number of unbranched alkanes of at least 4 members (excludes halogenated alkanes) is 1. The molecule has 0 aromatic heterocycles. The molecule has 7 heteroatoms. The van der Waals surface area contributed by atoms with Gasteiger partial charge in [0.25, 0.3) is 0 Å². The van der Waals surface area contributed by atoms with Crippen LogP contribution in [0.1, 0.15) is 74.7 Å². The fourth-order valence-electron chi connectivity index (χ4n) is 4.70. The van der Waals surface area contributed by atoms with E-state index in [0.717, 1.165) is 12.8 Å². The molecule has 0 heterocycles. The van der Waals surface area contributed by atoms with E-state index in [9.17, 15) is 24.6 Å². The third kappa shape index (κ3) is 3.56. The van der Waals surface area contributed by atoms with Crippen molar-refractivity contribution >= 4 is 17.3 Å². The van der Waals surface area contributed by atoms with Gasteiger partial charge in [-0.3, -0.25) is 14.4 Å². The molecule has 0 radical (unpaired) electrons. The van der Waals surface area contributed by atoms with E-state index in [0.29, 0.717) is 35.4 Å². The zero-order valence-electron chi connectivity index (χ0n) is 18.1. The first-order valence-corrected chi connectivity index (χ1v) is 10.9. The van der Waals surface area contributed by atoms with Gasteiger partial charge in [-0.25, -0.2) is 0 Å². The normalized spacial score (nSPS) is 19.3. The van der Waals surface area contributed by atoms with Crippen LogP contribution in [0.25, 0.3) is 0 Å². The Morgan fingerprint density at radius 3 is 2.38 bits per heavy atom. The maximum absolute atomic E-state index is 13.4. The fraction of sp³-hybridized carbons (Fsp3) is 0.400. The minimum atomic E-state index is -1.61. The number of phenols is 1. The van der Waals surface area contributed by atoms with Gasteiger partial charge < -0.3 is 20.7 Å². The van der Waals surface area contributed by atoms with Crippen molar-refractivity contribution in [1.82, 2.24) is 0 Å². The van der Waals surface area contributed by atoms with Gasteiger partial charge in [0.15, 0.2) is 17.3 Å². The number of carbonyl (C=O) groups excluding carboxylic acids is 3. The maximum Gasteiger partial charge on any atom is 0.198 e. The van der Waals surface area contributed by atoms with E-state index in [-0.39, 0.29) is 54.1 Å². The molecule has 0 spiro atoms. The lowest BCUT2D eigenvalue weighted by Crippen LogP contribution is -2.43. The number of Topliss-reactive ketones (excluding diaryl/α,β-unsaturated/α-hetero) is 1. The van der Waals surface area contributed by atoms with Crippen molar-refractivity contribution in [2.45, 2.75) is 51.2 Å². The van der Waals surface area contributed by atoms with Crippen LogP contribution in [-0.2, 0) is 29.0 Å². The Hall–Kier alpha value is -2.87. The summed E-state index contributed by atoms with van der Waals surface area (Å²) in [6.07, 6.45) is 1.92. The van der Waals surface area contributed by atoms with Gasteiger partial charge >= 0.3 is 0 Å². The van der Waals surface area contributed by atoms with Crippen molar-refractivity contribution in [2.75, 3.05) is 13.2 Å². The number of ketones is 3. The average molecular weight is 437 g/mol. The summed E-state index contributed by atoms with van der Waals surface area (Å²) in [5.74, 6) is -1.50. The highest BCUT2D eigenvalue weighted by atomic mass is 16.5. The van der Waals surface area contributed by atoms with Crippen molar-refractivity contribution in [3.63, 3.8) is 0 Å². The monoisotopic (exact) mass is 437 g/mol. The molecule has 0 saturated carbocycles. The summed E-state index contributed by atoms with van der Waals surface area (Å²) >= 11 is 0. The summed E-state index contributed by atoms with van der Waals surface area (Å²) < 4.78 is 5.83. The third-order valence-corrected chi connectivity index (χ3v) is 6.58. The Bertz CT molecular complexity index is 1120. The number of rotatable bonds is 7. The van der Waals surface area contributed by atoms with Gasteiger partial charge in [0.1, 0.15) is 11.4 Å². The molecule has 7 nitrogen and oxygen atoms in total. The summed E-state index contributed by atoms with van der Waals surface area (Å²) in [6, 6.07) is 6.53. The Morgan fingerprint density at radius 2 is 1.75 bits per heavy atom. The van der Waals surface area contributed by atoms with E-state index in [1.54, 1.807) is 24.3 Å². The molecule has 2 aliphatic carbocycles. The first-order valence-electron chi connectivity index (χ1n) is 10.9. The molecule has 1 atom stereocenters. The number of carbonyl (C=O) groups is 3. The van der Waals surface area contributed by atoms with Crippen molar-refractivity contribution in [2.24, 2.45) is 5.73 Å². The summed E-state index contributed by atoms with van der Waals surface area (Å²) in [7, 11) is 0. The van der Waals surface area contributed by atoms with Crippen LogP contribution < -0.4 is 5.73 Å². The maximum atomic E-state index is 13.4. The first kappa shape index (κ1) is 22.3. The average Bonchev–Trinajstić information content (AvgIpc) is 2.78. The number of aromatic hydroxyl groups is 1. The lowest BCUT2D eigenvalue weighted by Gasteiger charge is -2.35. The van der Waals surface area contributed by atoms with Gasteiger partial charge in [-0.1, -0.05) is 24.3 Å². The van der Waals surface area contributed by atoms with Crippen LogP contribution in [0.15, 0.2) is 24.3 Å². The zero-order chi connectivity index (χ0) is 23.0. The van der Waals surface area contributed by atoms with Crippen LogP contribution in [0.4, 0.5) is 0 Å². The molecular formula is C25H27NO6. The van der Waals surface area contributed by atoms with Gasteiger partial charge in [-0.2, -0.15) is 0 Å². The Labute approximate surface area is 186 Å². The lowest BCUT2D eigenvalue weighted by atomic mass is 9.71. The number of nitrogens with two attached hydrogens (primary N) is 1. The molecule has 4 rings (SSSR count). The summed E-state index contributed by atoms with van der Waals surface area (Å²) in [4.78, 5) is 38.9. The quantitative estimate of drug-likeness (QED) is 0.484. The van der Waals surface area contributed by atoms with Gasteiger partial charge in [-0.05, 0) is 50.3 Å². The largest absolute Gasteiger partial charge is 0.507 e. The van der Waals surface area contributed by atoms with Crippen molar-refractivity contribution < 1.29 is 29.3 Å². The van der Waals surface area contributed by atoms with E-state index >= 15 is 0 Å². The van der Waals surface area contributed by atoms with Crippen molar-refractivity contribution in [3.8, 4) is 5.75 Å². The standard InChI is InChI=1S/C25H27NO6/c1-14(27)25(31)9-8-15-18(12-25)24(30)21-20(19(15)13-32-11-5-4-10-26)22(28)16-6-2-3-7-17(16)23(21)29/h2-3,6-7,30-31H,4-5,8-13,26H2,1H3/t25-/m1/s1. The summed E-state index contributed by atoms with van der Waals surface area (Å²) in [6.45, 7) is 2.40. The highest BCUT2D eigenvalue weighted by molar-refractivity contribution is 6.30. The molecule has 0 amide bonds. The number of ether oxygens (including phenoxy) is 1. The van der Waals surface area contributed by atoms with E-state index in [1.165, 1.54) is 6.92 Å². The molecule has 168 valence electrons. The van der Waals surface area contributed by atoms with Crippen LogP contribution >= 0.6 is 0 Å². The van der Waals surface area contributed by atoms with Crippen molar-refractivity contribution in [1.29, 1.82) is 0 Å². The number of benzene rings is 2. The van der Waals surface area contributed by atoms with E-state index in [1.807, 2.05) is 0 Å². The predicted octanol–water partition coefficient (Wildman–Crippen LogP) is 2.23. The second kappa shape index (κ2) is 8.58. The van der Waals surface area contributed by atoms with Crippen LogP contribution in [0.2, 0.25) is 0 Å². The number of fused-ring (bicyclic) bond motifs is 3. The van der Waals surface area contributed by atoms with Gasteiger partial charge in [0, 0.05) is 35.3 Å². The molecule has 0 bridgehead atoms. The molecule has 0 aliphatic heterocycles. The lowest BCUT2D eigenvalue weighted by molar-refractivity contribution is -0.136. The van der Waals surface area contributed by atoms with Gasteiger partial charge in [-0.15, -0.1) is 0 Å². The van der Waals surface area contributed by atoms with Crippen LogP contribution in [-0.4, -0.2) is 46.3 Å². The number of hydrogen-bond donors (Lipinski definition) is 3. The van der Waals surface area contributed by atoms with Crippen LogP contribution in [0, 0.1) is 0 Å². The minimum Gasteiger partial charge on any atom is -0.507 e. The topological polar surface area (TPSA) is 127 Å². The third-order valence-electron chi connectivity index (χ3n) is 6.58. The second-order valence-corrected chi connectivity index (χ2v) is 8.55. The van der Waals surface area contributed by atoms with Gasteiger partial charge in [0.05, 0.1) is 12.2 Å². The predicted molar refractivity (Wildman–Crippen MR) is 117 cm³/mol. The molecule has 2 aromatic rings. The Morgan fingerprint density at radius 1 is 1.09 bits per heavy atom. The molecule has 4 N–H and O–H groups in total. The van der Waals surface area contributed by atoms with Crippen LogP contribution in [0.3, 0.4) is 0 Å². The smallest absolute Gasteiger partial charge is 0.198 e. The summed E-state index contributed by atoms with van der Waals surface area (Å²) in [5, 5.41) is 21.9. The Kier molecular flexibility index (Phi) is 5.99. The molecule has 0 unspecified atom stereocenters. The summed E-state index contributed by atoms with van der Waals surface area (Å²) in [5.41, 5.74) is 6.11. The zero-order valence-corrected chi connectivity index (χ0v) is 18.1. The molecule has 0 saturated heterocycles. The van der Waals surface area contributed by atoms with E-state index in [4.69, 9.17) is 10.5 Å². The Balaban J connectivity index is 1.87. The SMILES string of the molecule is CC(=O)[C@@]1(O)CCc2c(c(O)c3c(c2COCCCCN)C(=O)c2ccccc2C3=O)C1. The first-order chi connectivity index (χ1) is 15.3. The fourth-order valence-corrected chi connectivity index (χ4v) is 4.70. The number of hydrogen-bond acceptors (Lipinski definition) is 7. The molecular weight excluding hydrogens is 410 g/mol. The van der Waals surface area contributed by atoms with E-state index in [2.05, 4.69) is 0 Å². The molecule has 32 heavy (non-hydrogen) atoms. The second-order valence-electron chi connectivity index (χ2n) is 8.55. The number of phenolic OH excluding ortho intramolecular Hbond substituents is 1. The minimum absolute atomic E-state index is 0.0687. The molecule has 2 aliphatic rings. The highest BCUT2D eigenvalue weighted by Crippen LogP contribution is 2.44. The van der Waals surface area contributed by atoms with Gasteiger partial charge in [0.2, 0.25) is 0 Å². The molecule has 2 aromatic carbocycles. The molecule has 0 fully saturated rings. The van der Waals surface area contributed by atoms with Crippen molar-refractivity contribution in [3.05, 3.63) is 63.2 Å². The highest BCUT2D eigenvalue weighted by Gasteiger charge is 2.43. The van der Waals surface area contributed by atoms with Crippen LogP contribution in [0.5, 0.6) is 5.75 Å². The van der Waals surface area contributed by atoms with E-state index < -0.39 is 17.2 Å². The number of aliphatic hydroxyl groups is 1.